The Labute approximate surface area is 88.7 Å². The van der Waals surface area contributed by atoms with Crippen molar-refractivity contribution in [3.63, 3.8) is 0 Å². The average Bonchev–Trinajstić information content (AvgIpc) is 2.10. The minimum atomic E-state index is 0.344. The molecule has 0 amide bonds. The fourth-order valence-electron chi connectivity index (χ4n) is 1.09. The average molecular weight is 199 g/mol. The van der Waals surface area contributed by atoms with Gasteiger partial charge in [-0.05, 0) is 19.8 Å². The molecule has 1 N–H and O–H groups in total. The second-order valence-corrected chi connectivity index (χ2v) is 4.17. The van der Waals surface area contributed by atoms with E-state index in [4.69, 9.17) is 4.74 Å². The molecule has 0 saturated carbocycles. The number of ether oxygens (including phenoxy) is 1. The zero-order valence-electron chi connectivity index (χ0n) is 10.1. The van der Waals surface area contributed by atoms with E-state index < -0.39 is 0 Å². The molecule has 0 aliphatic heterocycles. The summed E-state index contributed by atoms with van der Waals surface area (Å²) in [6.07, 6.45) is 2.38. The molecule has 0 aromatic heterocycles. The Morgan fingerprint density at radius 3 is 2.50 bits per heavy atom. The van der Waals surface area contributed by atoms with Gasteiger partial charge in [-0.2, -0.15) is 0 Å². The predicted octanol–water partition coefficient (Wildman–Crippen LogP) is 2.75. The van der Waals surface area contributed by atoms with Crippen LogP contribution in [0.25, 0.3) is 0 Å². The summed E-state index contributed by atoms with van der Waals surface area (Å²) in [5.74, 6) is 0. The predicted molar refractivity (Wildman–Crippen MR) is 62.6 cm³/mol. The lowest BCUT2D eigenvalue weighted by Gasteiger charge is -2.18. The SMILES string of the molecule is C=C(C)CCOC(CC)CNC(C)C. The first-order valence-corrected chi connectivity index (χ1v) is 5.55. The smallest absolute Gasteiger partial charge is 0.0697 e. The second kappa shape index (κ2) is 8.01. The first-order chi connectivity index (χ1) is 6.56. The van der Waals surface area contributed by atoms with Crippen LogP contribution in [-0.4, -0.2) is 25.3 Å². The highest BCUT2D eigenvalue weighted by Crippen LogP contribution is 2.01. The molecule has 0 saturated heterocycles. The van der Waals surface area contributed by atoms with E-state index in [0.717, 1.165) is 26.0 Å². The highest BCUT2D eigenvalue weighted by atomic mass is 16.5. The zero-order chi connectivity index (χ0) is 11.0. The summed E-state index contributed by atoms with van der Waals surface area (Å²) in [5, 5.41) is 3.39. The second-order valence-electron chi connectivity index (χ2n) is 4.17. The third-order valence-corrected chi connectivity index (χ3v) is 2.09. The summed E-state index contributed by atoms with van der Waals surface area (Å²) in [6, 6.07) is 0.536. The van der Waals surface area contributed by atoms with Gasteiger partial charge in [0, 0.05) is 12.6 Å². The van der Waals surface area contributed by atoms with Crippen LogP contribution in [0.2, 0.25) is 0 Å². The van der Waals surface area contributed by atoms with Gasteiger partial charge < -0.3 is 10.1 Å². The number of rotatable bonds is 8. The molecule has 1 atom stereocenters. The maximum absolute atomic E-state index is 5.73. The normalized spacial score (nSPS) is 13.2. The van der Waals surface area contributed by atoms with E-state index in [1.165, 1.54) is 5.57 Å². The molecule has 1 unspecified atom stereocenters. The van der Waals surface area contributed by atoms with Gasteiger partial charge in [0.2, 0.25) is 0 Å². The van der Waals surface area contributed by atoms with E-state index in [1.807, 2.05) is 6.92 Å². The molecular weight excluding hydrogens is 174 g/mol. The Morgan fingerprint density at radius 1 is 1.43 bits per heavy atom. The van der Waals surface area contributed by atoms with Crippen LogP contribution in [0.4, 0.5) is 0 Å². The lowest BCUT2D eigenvalue weighted by Crippen LogP contribution is -2.33. The van der Waals surface area contributed by atoms with Gasteiger partial charge in [-0.15, -0.1) is 6.58 Å². The van der Waals surface area contributed by atoms with Gasteiger partial charge in [-0.25, -0.2) is 0 Å². The molecule has 14 heavy (non-hydrogen) atoms. The molecule has 2 heteroatoms. The van der Waals surface area contributed by atoms with Crippen molar-refractivity contribution in [2.24, 2.45) is 0 Å². The van der Waals surface area contributed by atoms with E-state index >= 15 is 0 Å². The van der Waals surface area contributed by atoms with E-state index in [1.54, 1.807) is 0 Å². The molecule has 0 radical (unpaired) electrons. The molecule has 0 fully saturated rings. The Bertz CT molecular complexity index is 154. The molecule has 0 aliphatic carbocycles. The van der Waals surface area contributed by atoms with E-state index in [0.29, 0.717) is 12.1 Å². The topological polar surface area (TPSA) is 21.3 Å². The van der Waals surface area contributed by atoms with E-state index in [9.17, 15) is 0 Å². The maximum Gasteiger partial charge on any atom is 0.0697 e. The number of hydrogen-bond acceptors (Lipinski definition) is 2. The summed E-state index contributed by atoms with van der Waals surface area (Å²) in [6.45, 7) is 14.1. The van der Waals surface area contributed by atoms with Crippen molar-refractivity contribution in [1.82, 2.24) is 5.32 Å². The largest absolute Gasteiger partial charge is 0.377 e. The van der Waals surface area contributed by atoms with Crippen LogP contribution in [0.3, 0.4) is 0 Å². The molecule has 2 nitrogen and oxygen atoms in total. The molecule has 0 rings (SSSR count). The fraction of sp³-hybridized carbons (Fsp3) is 0.833. The van der Waals surface area contributed by atoms with Crippen LogP contribution < -0.4 is 5.32 Å². The minimum Gasteiger partial charge on any atom is -0.377 e. The summed E-state index contributed by atoms with van der Waals surface area (Å²) < 4.78 is 5.73. The zero-order valence-corrected chi connectivity index (χ0v) is 10.1. The minimum absolute atomic E-state index is 0.344. The Balaban J connectivity index is 3.52. The summed E-state index contributed by atoms with van der Waals surface area (Å²) in [7, 11) is 0. The lowest BCUT2D eigenvalue weighted by atomic mass is 10.2. The van der Waals surface area contributed by atoms with Crippen molar-refractivity contribution in [3.05, 3.63) is 12.2 Å². The van der Waals surface area contributed by atoms with Crippen LogP contribution in [0.5, 0.6) is 0 Å². The van der Waals surface area contributed by atoms with Crippen LogP contribution in [0.1, 0.15) is 40.5 Å². The summed E-state index contributed by atoms with van der Waals surface area (Å²) in [5.41, 5.74) is 1.19. The van der Waals surface area contributed by atoms with E-state index in [2.05, 4.69) is 32.7 Å². The Hall–Kier alpha value is -0.340. The summed E-state index contributed by atoms with van der Waals surface area (Å²) >= 11 is 0. The van der Waals surface area contributed by atoms with E-state index in [-0.39, 0.29) is 0 Å². The lowest BCUT2D eigenvalue weighted by molar-refractivity contribution is 0.0517. The van der Waals surface area contributed by atoms with Crippen molar-refractivity contribution in [2.75, 3.05) is 13.2 Å². The van der Waals surface area contributed by atoms with Crippen LogP contribution in [-0.2, 0) is 4.74 Å². The fourth-order valence-corrected chi connectivity index (χ4v) is 1.09. The van der Waals surface area contributed by atoms with Crippen LogP contribution >= 0.6 is 0 Å². The standard InChI is InChI=1S/C12H25NO/c1-6-12(9-13-11(4)5)14-8-7-10(2)3/h11-13H,2,6-9H2,1,3-5H3. The Kier molecular flexibility index (Phi) is 7.81. The monoisotopic (exact) mass is 199 g/mol. The van der Waals surface area contributed by atoms with Gasteiger partial charge in [0.15, 0.2) is 0 Å². The van der Waals surface area contributed by atoms with Crippen molar-refractivity contribution >= 4 is 0 Å². The van der Waals surface area contributed by atoms with Crippen LogP contribution in [0, 0.1) is 0 Å². The molecule has 0 aromatic carbocycles. The van der Waals surface area contributed by atoms with Gasteiger partial charge in [-0.1, -0.05) is 26.3 Å². The number of hydrogen-bond donors (Lipinski definition) is 1. The molecule has 0 aliphatic rings. The summed E-state index contributed by atoms with van der Waals surface area (Å²) in [4.78, 5) is 0. The first-order valence-electron chi connectivity index (χ1n) is 5.55. The van der Waals surface area contributed by atoms with Gasteiger partial charge in [0.25, 0.3) is 0 Å². The highest BCUT2D eigenvalue weighted by molar-refractivity contribution is 4.87. The van der Waals surface area contributed by atoms with Crippen molar-refractivity contribution in [3.8, 4) is 0 Å². The molecule has 0 bridgehead atoms. The quantitative estimate of drug-likeness (QED) is 0.607. The van der Waals surface area contributed by atoms with Gasteiger partial charge in [-0.3, -0.25) is 0 Å². The number of nitrogens with one attached hydrogen (secondary N) is 1. The van der Waals surface area contributed by atoms with Crippen molar-refractivity contribution in [2.45, 2.75) is 52.7 Å². The third-order valence-electron chi connectivity index (χ3n) is 2.09. The maximum atomic E-state index is 5.73. The Morgan fingerprint density at radius 2 is 2.07 bits per heavy atom. The molecule has 0 spiro atoms. The first kappa shape index (κ1) is 13.7. The molecular formula is C12H25NO. The molecule has 0 aromatic rings. The van der Waals surface area contributed by atoms with Crippen molar-refractivity contribution < 1.29 is 4.74 Å². The van der Waals surface area contributed by atoms with Gasteiger partial charge in [0.1, 0.15) is 0 Å². The third kappa shape index (κ3) is 8.27. The highest BCUT2D eigenvalue weighted by Gasteiger charge is 2.06. The molecule has 0 heterocycles. The molecule has 84 valence electrons. The van der Waals surface area contributed by atoms with Gasteiger partial charge >= 0.3 is 0 Å². The van der Waals surface area contributed by atoms with Crippen LogP contribution in [0.15, 0.2) is 12.2 Å². The van der Waals surface area contributed by atoms with Crippen molar-refractivity contribution in [1.29, 1.82) is 0 Å². The van der Waals surface area contributed by atoms with Gasteiger partial charge in [0.05, 0.1) is 12.7 Å².